The molecule has 2 N–H and O–H groups in total. The van der Waals surface area contributed by atoms with E-state index in [2.05, 4.69) is 47.8 Å². The number of benzene rings is 1. The number of carbonyl (C=O) groups is 1. The van der Waals surface area contributed by atoms with E-state index < -0.39 is 0 Å². The molecule has 5 nitrogen and oxygen atoms in total. The van der Waals surface area contributed by atoms with Gasteiger partial charge in [0.15, 0.2) is 0 Å². The van der Waals surface area contributed by atoms with Crippen molar-refractivity contribution in [3.8, 4) is 0 Å². The molecule has 0 aromatic heterocycles. The maximum atomic E-state index is 11.2. The lowest BCUT2D eigenvalue weighted by Crippen LogP contribution is -2.58. The minimum atomic E-state index is -0.346. The zero-order valence-corrected chi connectivity index (χ0v) is 12.1. The van der Waals surface area contributed by atoms with Crippen LogP contribution in [0.15, 0.2) is 30.3 Å². The maximum Gasteiger partial charge on any atom is 0.317 e. The van der Waals surface area contributed by atoms with Crippen LogP contribution in [0.4, 0.5) is 4.79 Å². The number of amides is 1. The fraction of sp³-hybridized carbons (Fsp3) is 0.500. The van der Waals surface area contributed by atoms with Gasteiger partial charge in [0.1, 0.15) is 0 Å². The van der Waals surface area contributed by atoms with Gasteiger partial charge in [-0.1, -0.05) is 30.3 Å². The highest BCUT2D eigenvalue weighted by Gasteiger charge is 2.30. The number of hydrogen-bond acceptors (Lipinski definition) is 4. The van der Waals surface area contributed by atoms with Crippen molar-refractivity contribution >= 4 is 13.2 Å². The number of nitrogens with one attached hydrogen (secondary N) is 1. The lowest BCUT2D eigenvalue weighted by molar-refractivity contribution is 0.0691. The molecule has 0 saturated carbocycles. The van der Waals surface area contributed by atoms with Gasteiger partial charge < -0.3 is 4.81 Å². The van der Waals surface area contributed by atoms with Crippen LogP contribution in [0.5, 0.6) is 0 Å². The molecule has 6 heteroatoms. The number of rotatable bonds is 4. The molecule has 1 aromatic carbocycles. The molecule has 0 spiro atoms. The Bertz CT molecular complexity index is 431. The Hall–Kier alpha value is -1.37. The van der Waals surface area contributed by atoms with Crippen LogP contribution in [0.1, 0.15) is 19.4 Å². The quantitative estimate of drug-likeness (QED) is 0.489. The molecule has 0 unspecified atom stereocenters. The first kappa shape index (κ1) is 15.0. The molecule has 1 saturated heterocycles. The van der Waals surface area contributed by atoms with Gasteiger partial charge in [0, 0.05) is 31.7 Å². The molecular formula is C14H22BN3O2. The average Bonchev–Trinajstić information content (AvgIpc) is 2.44. The Labute approximate surface area is 120 Å². The first-order chi connectivity index (χ1) is 9.60. The fourth-order valence-electron chi connectivity index (χ4n) is 2.94. The Morgan fingerprint density at radius 2 is 1.90 bits per heavy atom. The molecular weight excluding hydrogens is 253 g/mol. The smallest absolute Gasteiger partial charge is 0.317 e. The van der Waals surface area contributed by atoms with Gasteiger partial charge in [0.2, 0.25) is 5.81 Å². The van der Waals surface area contributed by atoms with E-state index in [0.717, 1.165) is 19.6 Å². The summed E-state index contributed by atoms with van der Waals surface area (Å²) in [6, 6.07) is 11.2. The van der Waals surface area contributed by atoms with E-state index >= 15 is 0 Å². The maximum absolute atomic E-state index is 11.2. The summed E-state index contributed by atoms with van der Waals surface area (Å²) in [5, 5.41) is 8.61. The standard InChI is InChI=1S/C14H22BN3O2/c1-11-8-17(15-14(19)16-20)9-12(2)18(11)10-13-6-4-3-5-7-13/h3-7,11-12,15,20H,8-10H2,1-2H3,(H,16,19)/t11-,12+. The minimum absolute atomic E-state index is 0.254. The van der Waals surface area contributed by atoms with E-state index in [4.69, 9.17) is 5.21 Å². The van der Waals surface area contributed by atoms with Gasteiger partial charge in [-0.3, -0.25) is 14.9 Å². The van der Waals surface area contributed by atoms with E-state index in [1.807, 2.05) is 6.07 Å². The fourth-order valence-corrected chi connectivity index (χ4v) is 2.94. The Balaban J connectivity index is 1.95. The van der Waals surface area contributed by atoms with E-state index in [9.17, 15) is 4.79 Å². The summed E-state index contributed by atoms with van der Waals surface area (Å²) in [4.78, 5) is 15.8. The van der Waals surface area contributed by atoms with Gasteiger partial charge in [-0.25, -0.2) is 5.48 Å². The second-order valence-electron chi connectivity index (χ2n) is 5.59. The van der Waals surface area contributed by atoms with Crippen LogP contribution in [0, 0.1) is 0 Å². The van der Waals surface area contributed by atoms with Crippen molar-refractivity contribution in [3.63, 3.8) is 0 Å². The molecule has 1 fully saturated rings. The van der Waals surface area contributed by atoms with Gasteiger partial charge in [-0.05, 0) is 19.4 Å². The summed E-state index contributed by atoms with van der Waals surface area (Å²) in [5.41, 5.74) is 3.01. The zero-order valence-electron chi connectivity index (χ0n) is 12.1. The molecule has 108 valence electrons. The normalized spacial score (nSPS) is 24.4. The van der Waals surface area contributed by atoms with Crippen molar-refractivity contribution in [2.45, 2.75) is 32.5 Å². The SMILES string of the molecule is C[C@@H]1CN(BC(=O)NO)C[C@H](C)N1Cc1ccccc1. The van der Waals surface area contributed by atoms with Gasteiger partial charge in [-0.2, -0.15) is 0 Å². The van der Waals surface area contributed by atoms with E-state index in [-0.39, 0.29) is 13.2 Å². The summed E-state index contributed by atoms with van der Waals surface area (Å²) >= 11 is 0. The van der Waals surface area contributed by atoms with E-state index in [0.29, 0.717) is 12.1 Å². The molecule has 0 bridgehead atoms. The van der Waals surface area contributed by atoms with Gasteiger partial charge in [-0.15, -0.1) is 0 Å². The molecule has 1 aromatic rings. The van der Waals surface area contributed by atoms with Crippen molar-refractivity contribution in [1.29, 1.82) is 0 Å². The molecule has 1 heterocycles. The van der Waals surface area contributed by atoms with E-state index in [1.54, 1.807) is 5.48 Å². The lowest BCUT2D eigenvalue weighted by Gasteiger charge is -2.44. The summed E-state index contributed by atoms with van der Waals surface area (Å²) in [6.07, 6.45) is 0. The van der Waals surface area contributed by atoms with Gasteiger partial charge >= 0.3 is 7.41 Å². The molecule has 1 amide bonds. The predicted octanol–water partition coefficient (Wildman–Crippen LogP) is 1.03. The van der Waals surface area contributed by atoms with Crippen molar-refractivity contribution in [3.05, 3.63) is 35.9 Å². The van der Waals surface area contributed by atoms with E-state index in [1.165, 1.54) is 5.56 Å². The Morgan fingerprint density at radius 1 is 1.30 bits per heavy atom. The van der Waals surface area contributed by atoms with Crippen LogP contribution in [0.3, 0.4) is 0 Å². The molecule has 2 rings (SSSR count). The number of piperazine rings is 1. The summed E-state index contributed by atoms with van der Waals surface area (Å²) in [6.45, 7) is 6.98. The molecule has 1 aliphatic heterocycles. The van der Waals surface area contributed by atoms with Gasteiger partial charge in [0.05, 0.1) is 0 Å². The third-order valence-electron chi connectivity index (χ3n) is 3.88. The predicted molar refractivity (Wildman–Crippen MR) is 79.9 cm³/mol. The topological polar surface area (TPSA) is 55.8 Å². The molecule has 1 aliphatic rings. The highest BCUT2D eigenvalue weighted by Crippen LogP contribution is 2.18. The van der Waals surface area contributed by atoms with Crippen LogP contribution < -0.4 is 5.48 Å². The number of hydrogen-bond donors (Lipinski definition) is 2. The largest absolute Gasteiger partial charge is 0.334 e. The first-order valence-corrected chi connectivity index (χ1v) is 7.05. The Kier molecular flexibility index (Phi) is 5.17. The number of carbonyl (C=O) groups excluding carboxylic acids is 1. The number of hydroxylamine groups is 1. The molecule has 2 atom stereocenters. The highest BCUT2D eigenvalue weighted by molar-refractivity contribution is 6.71. The third kappa shape index (κ3) is 3.82. The number of nitrogens with zero attached hydrogens (tertiary/aromatic N) is 2. The second-order valence-corrected chi connectivity index (χ2v) is 5.59. The lowest BCUT2D eigenvalue weighted by atomic mass is 9.87. The zero-order chi connectivity index (χ0) is 14.5. The monoisotopic (exact) mass is 275 g/mol. The minimum Gasteiger partial charge on any atom is -0.334 e. The molecule has 20 heavy (non-hydrogen) atoms. The summed E-state index contributed by atoms with van der Waals surface area (Å²) < 4.78 is 0. The van der Waals surface area contributed by atoms with Crippen molar-refractivity contribution in [1.82, 2.24) is 15.2 Å². The van der Waals surface area contributed by atoms with Crippen molar-refractivity contribution < 1.29 is 10.0 Å². The third-order valence-corrected chi connectivity index (χ3v) is 3.88. The van der Waals surface area contributed by atoms with Crippen LogP contribution in [-0.2, 0) is 6.54 Å². The van der Waals surface area contributed by atoms with Gasteiger partial charge in [0.25, 0.3) is 0 Å². The van der Waals surface area contributed by atoms with Crippen LogP contribution in [0.2, 0.25) is 0 Å². The first-order valence-electron chi connectivity index (χ1n) is 7.05. The molecule has 0 aliphatic carbocycles. The highest BCUT2D eigenvalue weighted by atomic mass is 16.5. The second kappa shape index (κ2) is 6.88. The van der Waals surface area contributed by atoms with Crippen molar-refractivity contribution in [2.75, 3.05) is 13.1 Å². The van der Waals surface area contributed by atoms with Crippen LogP contribution in [0.25, 0.3) is 0 Å². The van der Waals surface area contributed by atoms with Crippen LogP contribution in [-0.4, -0.2) is 53.3 Å². The molecule has 0 radical (unpaired) electrons. The van der Waals surface area contributed by atoms with Crippen molar-refractivity contribution in [2.24, 2.45) is 0 Å². The summed E-state index contributed by atoms with van der Waals surface area (Å²) in [5.74, 6) is -0.346. The average molecular weight is 275 g/mol. The van der Waals surface area contributed by atoms with Crippen LogP contribution >= 0.6 is 0 Å². The summed E-state index contributed by atoms with van der Waals surface area (Å²) in [7, 11) is 0.254. The Morgan fingerprint density at radius 3 is 2.45 bits per heavy atom.